The number of nitrogens with zero attached hydrogens (tertiary/aromatic N) is 1. The first-order valence-corrected chi connectivity index (χ1v) is 5.67. The molecule has 0 saturated carbocycles. The summed E-state index contributed by atoms with van der Waals surface area (Å²) in [5.41, 5.74) is 3.92. The maximum Gasteiger partial charge on any atom is 0.265 e. The van der Waals surface area contributed by atoms with Crippen LogP contribution in [0.5, 0.6) is 0 Å². The summed E-state index contributed by atoms with van der Waals surface area (Å²) >= 11 is 0. The summed E-state index contributed by atoms with van der Waals surface area (Å²) in [6.07, 6.45) is 3.83. The van der Waals surface area contributed by atoms with Crippen LogP contribution in [-0.4, -0.2) is 19.0 Å². The van der Waals surface area contributed by atoms with Crippen LogP contribution < -0.4 is 16.2 Å². The third-order valence-corrected chi connectivity index (χ3v) is 2.98. The van der Waals surface area contributed by atoms with Crippen LogP contribution in [-0.2, 0) is 0 Å². The van der Waals surface area contributed by atoms with Crippen LogP contribution in [0.3, 0.4) is 0 Å². The molecule has 16 heavy (non-hydrogen) atoms. The monoisotopic (exact) mass is 219 g/mol. The third kappa shape index (κ3) is 2.33. The zero-order valence-electron chi connectivity index (χ0n) is 9.28. The van der Waals surface area contributed by atoms with Crippen LogP contribution in [0.4, 0.5) is 5.69 Å². The molecule has 1 aromatic carbocycles. The van der Waals surface area contributed by atoms with E-state index in [9.17, 15) is 4.79 Å². The predicted molar refractivity (Wildman–Crippen MR) is 64.2 cm³/mol. The molecular formula is C12H17N3O. The largest absolute Gasteiger partial charge is 0.372 e. The molecule has 1 aliphatic rings. The average Bonchev–Trinajstić information content (AvgIpc) is 2.39. The number of nitrogen functional groups attached to an aromatic ring is 1. The van der Waals surface area contributed by atoms with E-state index < -0.39 is 0 Å². The highest BCUT2D eigenvalue weighted by Gasteiger charge is 2.11. The van der Waals surface area contributed by atoms with Crippen molar-refractivity contribution in [3.8, 4) is 0 Å². The lowest BCUT2D eigenvalue weighted by atomic mass is 10.1. The SMILES string of the molecule is NNC(=O)c1ccc(N2CCCCC2)cc1. The van der Waals surface area contributed by atoms with Gasteiger partial charge in [0.25, 0.3) is 5.91 Å². The standard InChI is InChI=1S/C12H17N3O/c13-14-12(16)10-4-6-11(7-5-10)15-8-2-1-3-9-15/h4-7H,1-3,8-9,13H2,(H,14,16). The fourth-order valence-corrected chi connectivity index (χ4v) is 2.06. The van der Waals surface area contributed by atoms with Gasteiger partial charge in [0.2, 0.25) is 0 Å². The molecule has 1 saturated heterocycles. The third-order valence-electron chi connectivity index (χ3n) is 2.98. The quantitative estimate of drug-likeness (QED) is 0.447. The van der Waals surface area contributed by atoms with Crippen molar-refractivity contribution in [2.45, 2.75) is 19.3 Å². The van der Waals surface area contributed by atoms with Crippen molar-refractivity contribution in [3.05, 3.63) is 29.8 Å². The lowest BCUT2D eigenvalue weighted by Crippen LogP contribution is -2.31. The Morgan fingerprint density at radius 3 is 2.31 bits per heavy atom. The van der Waals surface area contributed by atoms with Crippen LogP contribution in [0.15, 0.2) is 24.3 Å². The van der Waals surface area contributed by atoms with Gasteiger partial charge in [0, 0.05) is 24.3 Å². The minimum Gasteiger partial charge on any atom is -0.372 e. The molecule has 0 aliphatic carbocycles. The zero-order chi connectivity index (χ0) is 11.4. The number of nitrogens with one attached hydrogen (secondary N) is 1. The van der Waals surface area contributed by atoms with Gasteiger partial charge in [-0.3, -0.25) is 10.2 Å². The molecule has 4 heteroatoms. The van der Waals surface area contributed by atoms with Gasteiger partial charge in [-0.25, -0.2) is 5.84 Å². The van der Waals surface area contributed by atoms with E-state index in [-0.39, 0.29) is 5.91 Å². The number of benzene rings is 1. The van der Waals surface area contributed by atoms with Gasteiger partial charge in [0.05, 0.1) is 0 Å². The first-order valence-electron chi connectivity index (χ1n) is 5.67. The Balaban J connectivity index is 2.09. The van der Waals surface area contributed by atoms with Gasteiger partial charge >= 0.3 is 0 Å². The number of carbonyl (C=O) groups is 1. The number of anilines is 1. The fraction of sp³-hybridized carbons (Fsp3) is 0.417. The van der Waals surface area contributed by atoms with E-state index in [4.69, 9.17) is 5.84 Å². The first kappa shape index (κ1) is 11.0. The molecular weight excluding hydrogens is 202 g/mol. The van der Waals surface area contributed by atoms with Crippen LogP contribution in [0.25, 0.3) is 0 Å². The van der Waals surface area contributed by atoms with Gasteiger partial charge in [-0.05, 0) is 43.5 Å². The summed E-state index contributed by atoms with van der Waals surface area (Å²) in [5.74, 6) is 4.83. The molecule has 1 heterocycles. The number of piperidine rings is 1. The molecule has 0 atom stereocenters. The van der Waals surface area contributed by atoms with Crippen LogP contribution in [0.1, 0.15) is 29.6 Å². The Labute approximate surface area is 95.4 Å². The molecule has 1 aromatic rings. The van der Waals surface area contributed by atoms with Gasteiger partial charge < -0.3 is 4.90 Å². The van der Waals surface area contributed by atoms with E-state index in [1.54, 1.807) is 0 Å². The van der Waals surface area contributed by atoms with Crippen molar-refractivity contribution in [2.24, 2.45) is 5.84 Å². The second kappa shape index (κ2) is 4.99. The maximum atomic E-state index is 11.3. The van der Waals surface area contributed by atoms with Crippen LogP contribution >= 0.6 is 0 Å². The van der Waals surface area contributed by atoms with Crippen molar-refractivity contribution < 1.29 is 4.79 Å². The minimum absolute atomic E-state index is 0.245. The number of hydrogen-bond donors (Lipinski definition) is 2. The highest BCUT2D eigenvalue weighted by atomic mass is 16.2. The van der Waals surface area contributed by atoms with Gasteiger partial charge in [0.15, 0.2) is 0 Å². The fourth-order valence-electron chi connectivity index (χ4n) is 2.06. The second-order valence-corrected chi connectivity index (χ2v) is 4.07. The Kier molecular flexibility index (Phi) is 3.41. The van der Waals surface area contributed by atoms with Crippen molar-refractivity contribution >= 4 is 11.6 Å². The lowest BCUT2D eigenvalue weighted by Gasteiger charge is -2.28. The number of amides is 1. The molecule has 0 radical (unpaired) electrons. The van der Waals surface area contributed by atoms with E-state index >= 15 is 0 Å². The van der Waals surface area contributed by atoms with E-state index in [1.807, 2.05) is 24.3 Å². The molecule has 0 bridgehead atoms. The molecule has 1 amide bonds. The first-order chi connectivity index (χ1) is 7.81. The van der Waals surface area contributed by atoms with Gasteiger partial charge in [0.1, 0.15) is 0 Å². The van der Waals surface area contributed by atoms with Crippen molar-refractivity contribution in [3.63, 3.8) is 0 Å². The van der Waals surface area contributed by atoms with Crippen LogP contribution in [0, 0.1) is 0 Å². The van der Waals surface area contributed by atoms with Crippen molar-refractivity contribution in [1.82, 2.24) is 5.43 Å². The molecule has 4 nitrogen and oxygen atoms in total. The summed E-state index contributed by atoms with van der Waals surface area (Å²) in [7, 11) is 0. The molecule has 0 aromatic heterocycles. The number of hydrazine groups is 1. The number of hydrogen-bond acceptors (Lipinski definition) is 3. The smallest absolute Gasteiger partial charge is 0.265 e. The molecule has 1 aliphatic heterocycles. The molecule has 2 rings (SSSR count). The minimum atomic E-state index is -0.245. The predicted octanol–water partition coefficient (Wildman–Crippen LogP) is 1.28. The highest BCUT2D eigenvalue weighted by molar-refractivity contribution is 5.94. The Morgan fingerprint density at radius 2 is 1.75 bits per heavy atom. The summed E-state index contributed by atoms with van der Waals surface area (Å²) in [6, 6.07) is 7.59. The van der Waals surface area contributed by atoms with E-state index in [0.717, 1.165) is 13.1 Å². The van der Waals surface area contributed by atoms with E-state index in [1.165, 1.54) is 24.9 Å². The molecule has 0 unspecified atom stereocenters. The molecule has 86 valence electrons. The maximum absolute atomic E-state index is 11.3. The average molecular weight is 219 g/mol. The lowest BCUT2D eigenvalue weighted by molar-refractivity contribution is 0.0953. The second-order valence-electron chi connectivity index (χ2n) is 4.07. The summed E-state index contributed by atoms with van der Waals surface area (Å²) < 4.78 is 0. The summed E-state index contributed by atoms with van der Waals surface area (Å²) in [5, 5.41) is 0. The molecule has 1 fully saturated rings. The summed E-state index contributed by atoms with van der Waals surface area (Å²) in [4.78, 5) is 13.6. The van der Waals surface area contributed by atoms with Crippen LogP contribution in [0.2, 0.25) is 0 Å². The number of nitrogens with two attached hydrogens (primary N) is 1. The van der Waals surface area contributed by atoms with Gasteiger partial charge in [-0.15, -0.1) is 0 Å². The zero-order valence-corrected chi connectivity index (χ0v) is 9.28. The molecule has 0 spiro atoms. The highest BCUT2D eigenvalue weighted by Crippen LogP contribution is 2.19. The number of carbonyl (C=O) groups excluding carboxylic acids is 1. The van der Waals surface area contributed by atoms with Gasteiger partial charge in [-0.1, -0.05) is 0 Å². The van der Waals surface area contributed by atoms with Crippen molar-refractivity contribution in [2.75, 3.05) is 18.0 Å². The Hall–Kier alpha value is -1.55. The van der Waals surface area contributed by atoms with E-state index in [0.29, 0.717) is 5.56 Å². The van der Waals surface area contributed by atoms with Crippen molar-refractivity contribution in [1.29, 1.82) is 0 Å². The molecule has 3 N–H and O–H groups in total. The van der Waals surface area contributed by atoms with E-state index in [2.05, 4.69) is 10.3 Å². The normalized spacial score (nSPS) is 15.9. The Bertz CT molecular complexity index is 355. The number of rotatable bonds is 2. The topological polar surface area (TPSA) is 58.4 Å². The Morgan fingerprint density at radius 1 is 1.12 bits per heavy atom. The van der Waals surface area contributed by atoms with Gasteiger partial charge in [-0.2, -0.15) is 0 Å². The summed E-state index contributed by atoms with van der Waals surface area (Å²) in [6.45, 7) is 2.23.